The molecule has 1 fully saturated rings. The van der Waals surface area contributed by atoms with Crippen LogP contribution in [-0.2, 0) is 14.3 Å². The van der Waals surface area contributed by atoms with Gasteiger partial charge in [0.1, 0.15) is 11.7 Å². The Kier molecular flexibility index (Phi) is 3.33. The molecule has 0 saturated carbocycles. The number of aryl methyl sites for hydroxylation is 1. The van der Waals surface area contributed by atoms with Gasteiger partial charge in [-0.15, -0.1) is 0 Å². The van der Waals surface area contributed by atoms with Crippen LogP contribution in [0.25, 0.3) is 0 Å². The molecule has 2 unspecified atom stereocenters. The number of benzene rings is 1. The van der Waals surface area contributed by atoms with E-state index in [1.54, 1.807) is 13.8 Å². The Balaban J connectivity index is 2.17. The number of carbonyl (C=O) groups excluding carboxylic acids is 2. The van der Waals surface area contributed by atoms with E-state index in [0.29, 0.717) is 5.56 Å². The van der Waals surface area contributed by atoms with Crippen molar-refractivity contribution in [2.24, 2.45) is 0 Å². The fourth-order valence-electron chi connectivity index (χ4n) is 1.85. The van der Waals surface area contributed by atoms with Gasteiger partial charge >= 0.3 is 11.9 Å². The highest BCUT2D eigenvalue weighted by Gasteiger charge is 2.35. The Labute approximate surface area is 109 Å². The lowest BCUT2D eigenvalue weighted by atomic mass is 10.1. The minimum atomic E-state index is -0.967. The number of hydrogen-bond acceptors (Lipinski definition) is 6. The van der Waals surface area contributed by atoms with Gasteiger partial charge in [0.25, 0.3) is 0 Å². The van der Waals surface area contributed by atoms with Crippen molar-refractivity contribution in [3.63, 3.8) is 0 Å². The molecular formula is C13H14O6. The number of ether oxygens (including phenoxy) is 2. The fourth-order valence-corrected chi connectivity index (χ4v) is 1.85. The van der Waals surface area contributed by atoms with E-state index in [2.05, 4.69) is 0 Å². The zero-order valence-electron chi connectivity index (χ0n) is 10.5. The molecule has 0 bridgehead atoms. The maximum Gasteiger partial charge on any atom is 0.347 e. The first kappa shape index (κ1) is 13.2. The molecule has 6 nitrogen and oxygen atoms in total. The average molecular weight is 266 g/mol. The van der Waals surface area contributed by atoms with Crippen molar-refractivity contribution in [2.45, 2.75) is 32.5 Å². The molecule has 0 aliphatic carbocycles. The lowest BCUT2D eigenvalue weighted by molar-refractivity contribution is -0.147. The number of rotatable bonds is 2. The molecule has 2 N–H and O–H groups in total. The van der Waals surface area contributed by atoms with Crippen molar-refractivity contribution in [2.75, 3.05) is 0 Å². The first-order valence-electron chi connectivity index (χ1n) is 5.83. The zero-order chi connectivity index (χ0) is 14.2. The van der Waals surface area contributed by atoms with Crippen LogP contribution in [0.15, 0.2) is 12.1 Å². The topological polar surface area (TPSA) is 93.1 Å². The standard InChI is InChI=1S/C13H14O6/c1-6-3-4-8(11(15)10(6)14)12(16)19-9-5-7(2)18-13(9)17/h3-4,7,9,14-15H,5H2,1-2H3. The molecule has 0 aromatic heterocycles. The number of carbonyl (C=O) groups is 2. The summed E-state index contributed by atoms with van der Waals surface area (Å²) < 4.78 is 9.83. The van der Waals surface area contributed by atoms with Gasteiger partial charge in [-0.2, -0.15) is 0 Å². The van der Waals surface area contributed by atoms with Crippen LogP contribution in [0.3, 0.4) is 0 Å². The van der Waals surface area contributed by atoms with Gasteiger partial charge in [-0.25, -0.2) is 9.59 Å². The van der Waals surface area contributed by atoms with Crippen LogP contribution in [0.4, 0.5) is 0 Å². The number of aromatic hydroxyl groups is 2. The number of phenols is 2. The van der Waals surface area contributed by atoms with Crippen molar-refractivity contribution in [1.29, 1.82) is 0 Å². The van der Waals surface area contributed by atoms with Crippen molar-refractivity contribution < 1.29 is 29.3 Å². The largest absolute Gasteiger partial charge is 0.504 e. The van der Waals surface area contributed by atoms with E-state index in [1.165, 1.54) is 12.1 Å². The van der Waals surface area contributed by atoms with Crippen LogP contribution in [0.5, 0.6) is 11.5 Å². The van der Waals surface area contributed by atoms with Gasteiger partial charge in [-0.1, -0.05) is 6.07 Å². The molecule has 0 spiro atoms. The number of phenolic OH excluding ortho intramolecular Hbond substituents is 2. The van der Waals surface area contributed by atoms with Crippen LogP contribution < -0.4 is 0 Å². The molecular weight excluding hydrogens is 252 g/mol. The second-order valence-corrected chi connectivity index (χ2v) is 4.50. The van der Waals surface area contributed by atoms with Crippen molar-refractivity contribution in [1.82, 2.24) is 0 Å². The second-order valence-electron chi connectivity index (χ2n) is 4.50. The third kappa shape index (κ3) is 2.47. The molecule has 0 amide bonds. The quantitative estimate of drug-likeness (QED) is 0.618. The summed E-state index contributed by atoms with van der Waals surface area (Å²) in [6.45, 7) is 3.28. The van der Waals surface area contributed by atoms with Gasteiger partial charge in [0.15, 0.2) is 11.5 Å². The third-order valence-electron chi connectivity index (χ3n) is 2.95. The minimum absolute atomic E-state index is 0.185. The highest BCUT2D eigenvalue weighted by atomic mass is 16.6. The van der Waals surface area contributed by atoms with E-state index in [1.807, 2.05) is 0 Å². The number of hydrogen-bond donors (Lipinski definition) is 2. The summed E-state index contributed by atoms with van der Waals surface area (Å²) in [5.74, 6) is -2.40. The molecule has 2 atom stereocenters. The minimum Gasteiger partial charge on any atom is -0.504 e. The van der Waals surface area contributed by atoms with Crippen molar-refractivity contribution >= 4 is 11.9 Å². The van der Waals surface area contributed by atoms with Crippen LogP contribution >= 0.6 is 0 Å². The average Bonchev–Trinajstić information content (AvgIpc) is 2.65. The summed E-state index contributed by atoms with van der Waals surface area (Å²) in [6.07, 6.45) is -0.987. The summed E-state index contributed by atoms with van der Waals surface area (Å²) in [5, 5.41) is 19.2. The van der Waals surface area contributed by atoms with E-state index in [4.69, 9.17) is 9.47 Å². The Morgan fingerprint density at radius 3 is 2.63 bits per heavy atom. The molecule has 102 valence electrons. The molecule has 1 saturated heterocycles. The SMILES string of the molecule is Cc1ccc(C(=O)OC2CC(C)OC2=O)c(O)c1O. The summed E-state index contributed by atoms with van der Waals surface area (Å²) in [6, 6.07) is 2.80. The van der Waals surface area contributed by atoms with Gasteiger partial charge in [0, 0.05) is 6.42 Å². The van der Waals surface area contributed by atoms with Crippen molar-refractivity contribution in [3.8, 4) is 11.5 Å². The van der Waals surface area contributed by atoms with Crippen LogP contribution in [0.2, 0.25) is 0 Å². The van der Waals surface area contributed by atoms with E-state index < -0.39 is 23.8 Å². The lowest BCUT2D eigenvalue weighted by Gasteiger charge is -2.10. The molecule has 19 heavy (non-hydrogen) atoms. The fraction of sp³-hybridized carbons (Fsp3) is 0.385. The molecule has 1 heterocycles. The Hall–Kier alpha value is -2.24. The zero-order valence-corrected chi connectivity index (χ0v) is 10.5. The molecule has 2 rings (SSSR count). The third-order valence-corrected chi connectivity index (χ3v) is 2.95. The van der Waals surface area contributed by atoms with E-state index in [-0.39, 0.29) is 23.8 Å². The Morgan fingerprint density at radius 2 is 2.05 bits per heavy atom. The van der Waals surface area contributed by atoms with E-state index in [9.17, 15) is 19.8 Å². The second kappa shape index (κ2) is 4.79. The molecule has 1 aromatic rings. The van der Waals surface area contributed by atoms with Gasteiger partial charge in [-0.3, -0.25) is 0 Å². The number of esters is 2. The lowest BCUT2D eigenvalue weighted by Crippen LogP contribution is -2.22. The van der Waals surface area contributed by atoms with Crippen LogP contribution in [0, 0.1) is 6.92 Å². The molecule has 1 aromatic carbocycles. The normalized spacial score (nSPS) is 22.1. The Bertz CT molecular complexity index is 536. The summed E-state index contributed by atoms with van der Waals surface area (Å²) >= 11 is 0. The predicted octanol–water partition coefficient (Wildman–Crippen LogP) is 1.27. The smallest absolute Gasteiger partial charge is 0.347 e. The highest BCUT2D eigenvalue weighted by Crippen LogP contribution is 2.33. The van der Waals surface area contributed by atoms with Crippen molar-refractivity contribution in [3.05, 3.63) is 23.3 Å². The monoisotopic (exact) mass is 266 g/mol. The maximum absolute atomic E-state index is 11.8. The number of cyclic esters (lactones) is 1. The van der Waals surface area contributed by atoms with Gasteiger partial charge in [0.2, 0.25) is 6.10 Å². The van der Waals surface area contributed by atoms with E-state index in [0.717, 1.165) is 0 Å². The summed E-state index contributed by atoms with van der Waals surface area (Å²) in [5.41, 5.74) is 0.249. The molecule has 0 radical (unpaired) electrons. The molecule has 6 heteroatoms. The first-order chi connectivity index (χ1) is 8.90. The molecule has 1 aliphatic heterocycles. The van der Waals surface area contributed by atoms with Crippen LogP contribution in [0.1, 0.15) is 29.3 Å². The van der Waals surface area contributed by atoms with E-state index >= 15 is 0 Å². The molecule has 1 aliphatic rings. The van der Waals surface area contributed by atoms with Gasteiger partial charge in [-0.05, 0) is 25.5 Å². The predicted molar refractivity (Wildman–Crippen MR) is 63.9 cm³/mol. The summed E-state index contributed by atoms with van der Waals surface area (Å²) in [7, 11) is 0. The maximum atomic E-state index is 11.8. The van der Waals surface area contributed by atoms with Gasteiger partial charge in [0.05, 0.1) is 0 Å². The van der Waals surface area contributed by atoms with Crippen LogP contribution in [-0.4, -0.2) is 34.4 Å². The highest BCUT2D eigenvalue weighted by molar-refractivity contribution is 5.95. The van der Waals surface area contributed by atoms with Gasteiger partial charge < -0.3 is 19.7 Å². The first-order valence-corrected chi connectivity index (χ1v) is 5.83. The Morgan fingerprint density at radius 1 is 1.37 bits per heavy atom. The summed E-state index contributed by atoms with van der Waals surface area (Å²) in [4.78, 5) is 23.2.